The lowest BCUT2D eigenvalue weighted by atomic mass is 9.71. The lowest BCUT2D eigenvalue weighted by Gasteiger charge is -2.40. The average molecular weight is 185 g/mol. The van der Waals surface area contributed by atoms with Crippen LogP contribution < -0.4 is 5.73 Å². The highest BCUT2D eigenvalue weighted by molar-refractivity contribution is 4.92. The van der Waals surface area contributed by atoms with E-state index in [1.165, 1.54) is 19.3 Å². The van der Waals surface area contributed by atoms with Crippen molar-refractivity contribution in [2.24, 2.45) is 17.6 Å². The monoisotopic (exact) mass is 185 g/mol. The van der Waals surface area contributed by atoms with Crippen LogP contribution in [0.15, 0.2) is 0 Å². The maximum atomic E-state index is 6.52. The highest BCUT2D eigenvalue weighted by Crippen LogP contribution is 2.32. The van der Waals surface area contributed by atoms with Crippen molar-refractivity contribution < 1.29 is 0 Å². The van der Waals surface area contributed by atoms with Gasteiger partial charge in [-0.05, 0) is 18.3 Å². The van der Waals surface area contributed by atoms with Gasteiger partial charge in [0, 0.05) is 5.54 Å². The largest absolute Gasteiger partial charge is 0.325 e. The molecule has 80 valence electrons. The molecule has 0 saturated heterocycles. The van der Waals surface area contributed by atoms with Gasteiger partial charge in [-0.25, -0.2) is 0 Å². The molecule has 1 nitrogen and oxygen atoms in total. The summed E-state index contributed by atoms with van der Waals surface area (Å²) in [6, 6.07) is 0. The van der Waals surface area contributed by atoms with Gasteiger partial charge in [-0.3, -0.25) is 0 Å². The number of nitrogens with two attached hydrogens (primary N) is 1. The van der Waals surface area contributed by atoms with E-state index in [4.69, 9.17) is 5.73 Å². The third-order valence-corrected chi connectivity index (χ3v) is 3.74. The summed E-state index contributed by atoms with van der Waals surface area (Å²) in [6.45, 7) is 11.3. The van der Waals surface area contributed by atoms with Gasteiger partial charge in [-0.15, -0.1) is 0 Å². The van der Waals surface area contributed by atoms with E-state index in [9.17, 15) is 0 Å². The maximum Gasteiger partial charge on any atom is 0.0205 e. The van der Waals surface area contributed by atoms with Crippen LogP contribution in [-0.4, -0.2) is 5.54 Å². The molecule has 0 aliphatic rings. The van der Waals surface area contributed by atoms with E-state index in [2.05, 4.69) is 34.6 Å². The first-order valence-electron chi connectivity index (χ1n) is 5.81. The van der Waals surface area contributed by atoms with Crippen molar-refractivity contribution in [3.8, 4) is 0 Å². The summed E-state index contributed by atoms with van der Waals surface area (Å²) in [7, 11) is 0. The first-order chi connectivity index (χ1) is 6.02. The van der Waals surface area contributed by atoms with E-state index in [-0.39, 0.29) is 5.54 Å². The van der Waals surface area contributed by atoms with Gasteiger partial charge in [-0.1, -0.05) is 53.9 Å². The Kier molecular flexibility index (Phi) is 5.62. The zero-order valence-electron chi connectivity index (χ0n) is 10.1. The van der Waals surface area contributed by atoms with Gasteiger partial charge in [-0.2, -0.15) is 0 Å². The Morgan fingerprint density at radius 1 is 1.00 bits per heavy atom. The van der Waals surface area contributed by atoms with Crippen molar-refractivity contribution in [1.29, 1.82) is 0 Å². The van der Waals surface area contributed by atoms with E-state index in [1.807, 2.05) is 0 Å². The summed E-state index contributed by atoms with van der Waals surface area (Å²) in [5.74, 6) is 1.28. The summed E-state index contributed by atoms with van der Waals surface area (Å²) >= 11 is 0. The smallest absolute Gasteiger partial charge is 0.0205 e. The molecule has 0 spiro atoms. The topological polar surface area (TPSA) is 26.0 Å². The standard InChI is InChI=1S/C12H27N/c1-6-9-12(13,10(4)7-2)11(5)8-3/h10-11H,6-9,13H2,1-5H3. The van der Waals surface area contributed by atoms with Crippen molar-refractivity contribution in [3.63, 3.8) is 0 Å². The molecule has 2 atom stereocenters. The predicted octanol–water partition coefficient (Wildman–Crippen LogP) is 3.58. The summed E-state index contributed by atoms with van der Waals surface area (Å²) in [6.07, 6.45) is 4.75. The molecular formula is C12H27N. The van der Waals surface area contributed by atoms with E-state index in [1.54, 1.807) is 0 Å². The van der Waals surface area contributed by atoms with Gasteiger partial charge in [0.15, 0.2) is 0 Å². The second kappa shape index (κ2) is 5.64. The second-order valence-electron chi connectivity index (χ2n) is 4.48. The summed E-state index contributed by atoms with van der Waals surface area (Å²) in [5, 5.41) is 0. The molecule has 0 aromatic carbocycles. The predicted molar refractivity (Wildman–Crippen MR) is 60.7 cm³/mol. The molecule has 0 heterocycles. The summed E-state index contributed by atoms with van der Waals surface area (Å²) in [5.41, 5.74) is 6.58. The Labute approximate surface area is 84.1 Å². The minimum atomic E-state index is 0.0677. The summed E-state index contributed by atoms with van der Waals surface area (Å²) in [4.78, 5) is 0. The second-order valence-corrected chi connectivity index (χ2v) is 4.48. The molecule has 0 bridgehead atoms. The summed E-state index contributed by atoms with van der Waals surface area (Å²) < 4.78 is 0. The van der Waals surface area contributed by atoms with Gasteiger partial charge < -0.3 is 5.73 Å². The molecule has 1 heteroatoms. The van der Waals surface area contributed by atoms with E-state index >= 15 is 0 Å². The van der Waals surface area contributed by atoms with Crippen molar-refractivity contribution >= 4 is 0 Å². The van der Waals surface area contributed by atoms with Gasteiger partial charge in [0.1, 0.15) is 0 Å². The van der Waals surface area contributed by atoms with Crippen LogP contribution in [0.4, 0.5) is 0 Å². The highest BCUT2D eigenvalue weighted by atomic mass is 14.8. The van der Waals surface area contributed by atoms with Crippen molar-refractivity contribution in [2.75, 3.05) is 0 Å². The lowest BCUT2D eigenvalue weighted by Crippen LogP contribution is -2.51. The fourth-order valence-corrected chi connectivity index (χ4v) is 2.17. The number of hydrogen-bond acceptors (Lipinski definition) is 1. The molecule has 0 fully saturated rings. The molecule has 0 amide bonds. The highest BCUT2D eigenvalue weighted by Gasteiger charge is 2.34. The minimum Gasteiger partial charge on any atom is -0.325 e. The lowest BCUT2D eigenvalue weighted by molar-refractivity contribution is 0.172. The van der Waals surface area contributed by atoms with Crippen LogP contribution >= 0.6 is 0 Å². The van der Waals surface area contributed by atoms with Gasteiger partial charge in [0.2, 0.25) is 0 Å². The van der Waals surface area contributed by atoms with Gasteiger partial charge >= 0.3 is 0 Å². The maximum absolute atomic E-state index is 6.52. The quantitative estimate of drug-likeness (QED) is 0.672. The van der Waals surface area contributed by atoms with Crippen LogP contribution in [0.2, 0.25) is 0 Å². The molecule has 0 rings (SSSR count). The molecule has 0 aliphatic carbocycles. The Morgan fingerprint density at radius 3 is 1.62 bits per heavy atom. The van der Waals surface area contributed by atoms with Gasteiger partial charge in [0.05, 0.1) is 0 Å². The fraction of sp³-hybridized carbons (Fsp3) is 1.00. The molecule has 2 unspecified atom stereocenters. The first-order valence-corrected chi connectivity index (χ1v) is 5.81. The van der Waals surface area contributed by atoms with E-state index in [0.29, 0.717) is 11.8 Å². The van der Waals surface area contributed by atoms with Crippen molar-refractivity contribution in [1.82, 2.24) is 0 Å². The Bertz CT molecular complexity index is 121. The molecule has 0 radical (unpaired) electrons. The zero-order chi connectivity index (χ0) is 10.5. The minimum absolute atomic E-state index is 0.0677. The molecule has 0 aromatic heterocycles. The molecular weight excluding hydrogens is 158 g/mol. The average Bonchev–Trinajstić information content (AvgIpc) is 2.15. The van der Waals surface area contributed by atoms with Crippen LogP contribution in [0.25, 0.3) is 0 Å². The third-order valence-electron chi connectivity index (χ3n) is 3.74. The molecule has 2 N–H and O–H groups in total. The van der Waals surface area contributed by atoms with Crippen molar-refractivity contribution in [2.45, 2.75) is 65.8 Å². The van der Waals surface area contributed by atoms with Crippen LogP contribution in [0.1, 0.15) is 60.3 Å². The Morgan fingerprint density at radius 2 is 1.38 bits per heavy atom. The first kappa shape index (κ1) is 13.0. The number of rotatable bonds is 6. The van der Waals surface area contributed by atoms with Crippen LogP contribution in [0.3, 0.4) is 0 Å². The molecule has 0 aromatic rings. The Balaban J connectivity index is 4.50. The normalized spacial score (nSPS) is 20.8. The fourth-order valence-electron chi connectivity index (χ4n) is 2.17. The van der Waals surface area contributed by atoms with E-state index in [0.717, 1.165) is 6.42 Å². The molecule has 0 saturated carbocycles. The van der Waals surface area contributed by atoms with Crippen LogP contribution in [0, 0.1) is 11.8 Å². The molecule has 0 aliphatic heterocycles. The zero-order valence-corrected chi connectivity index (χ0v) is 10.1. The third kappa shape index (κ3) is 2.98. The van der Waals surface area contributed by atoms with Crippen LogP contribution in [0.5, 0.6) is 0 Å². The SMILES string of the molecule is CCCC(N)(C(C)CC)C(C)CC. The number of hydrogen-bond donors (Lipinski definition) is 1. The molecule has 13 heavy (non-hydrogen) atoms. The van der Waals surface area contributed by atoms with Crippen LogP contribution in [-0.2, 0) is 0 Å². The Hall–Kier alpha value is -0.0400. The van der Waals surface area contributed by atoms with Crippen molar-refractivity contribution in [3.05, 3.63) is 0 Å². The van der Waals surface area contributed by atoms with E-state index < -0.39 is 0 Å². The van der Waals surface area contributed by atoms with Gasteiger partial charge in [0.25, 0.3) is 0 Å².